The molecular formula is C15H16N3O2+. The van der Waals surface area contributed by atoms with Crippen molar-refractivity contribution < 1.29 is 13.9 Å². The molecule has 3 aromatic heterocycles. The third kappa shape index (κ3) is 2.30. The van der Waals surface area contributed by atoms with Crippen molar-refractivity contribution in [3.63, 3.8) is 0 Å². The van der Waals surface area contributed by atoms with Crippen molar-refractivity contribution in [1.82, 2.24) is 9.97 Å². The molecule has 0 spiro atoms. The number of H-pyrrole nitrogens is 1. The molecule has 102 valence electrons. The monoisotopic (exact) mass is 270 g/mol. The predicted molar refractivity (Wildman–Crippen MR) is 73.8 cm³/mol. The van der Waals surface area contributed by atoms with Gasteiger partial charge in [0, 0.05) is 6.07 Å². The number of aromatic nitrogens is 3. The van der Waals surface area contributed by atoms with E-state index in [0.29, 0.717) is 12.5 Å². The van der Waals surface area contributed by atoms with Crippen molar-refractivity contribution >= 4 is 5.65 Å². The first-order chi connectivity index (χ1) is 9.78. The van der Waals surface area contributed by atoms with E-state index in [4.69, 9.17) is 9.47 Å². The van der Waals surface area contributed by atoms with Crippen LogP contribution in [0.3, 0.4) is 0 Å². The summed E-state index contributed by atoms with van der Waals surface area (Å²) >= 11 is 0. The largest absolute Gasteiger partial charge is 0.487 e. The van der Waals surface area contributed by atoms with Gasteiger partial charge in [-0.2, -0.15) is 0 Å². The fourth-order valence-corrected chi connectivity index (χ4v) is 2.11. The van der Waals surface area contributed by atoms with E-state index in [9.17, 15) is 0 Å². The fraction of sp³-hybridized carbons (Fsp3) is 0.200. The Hall–Kier alpha value is -2.56. The molecule has 1 N–H and O–H groups in total. The van der Waals surface area contributed by atoms with E-state index in [1.165, 1.54) is 0 Å². The van der Waals surface area contributed by atoms with Gasteiger partial charge in [-0.05, 0) is 24.6 Å². The van der Waals surface area contributed by atoms with Gasteiger partial charge < -0.3 is 9.47 Å². The molecule has 0 bridgehead atoms. The summed E-state index contributed by atoms with van der Waals surface area (Å²) in [5, 5.41) is 0. The van der Waals surface area contributed by atoms with Gasteiger partial charge in [0.15, 0.2) is 0 Å². The van der Waals surface area contributed by atoms with Crippen LogP contribution in [0.1, 0.15) is 11.1 Å². The van der Waals surface area contributed by atoms with Crippen LogP contribution in [0.2, 0.25) is 0 Å². The molecule has 3 aromatic rings. The van der Waals surface area contributed by atoms with Crippen molar-refractivity contribution in [3.8, 4) is 11.6 Å². The van der Waals surface area contributed by atoms with Gasteiger partial charge in [-0.25, -0.2) is 14.4 Å². The van der Waals surface area contributed by atoms with Crippen LogP contribution in [0, 0.1) is 6.92 Å². The Morgan fingerprint density at radius 3 is 3.05 bits per heavy atom. The highest BCUT2D eigenvalue weighted by atomic mass is 16.5. The van der Waals surface area contributed by atoms with Crippen LogP contribution in [0.5, 0.6) is 11.6 Å². The minimum absolute atomic E-state index is 0.486. The fourth-order valence-electron chi connectivity index (χ4n) is 2.11. The van der Waals surface area contributed by atoms with Gasteiger partial charge in [0.25, 0.3) is 5.65 Å². The van der Waals surface area contributed by atoms with Crippen molar-refractivity contribution in [2.24, 2.45) is 0 Å². The molecule has 0 aliphatic heterocycles. The summed E-state index contributed by atoms with van der Waals surface area (Å²) in [6.45, 7) is 2.46. The average Bonchev–Trinajstić information content (AvgIpc) is 2.95. The van der Waals surface area contributed by atoms with Crippen LogP contribution in [0.25, 0.3) is 5.65 Å². The van der Waals surface area contributed by atoms with Crippen LogP contribution >= 0.6 is 0 Å². The number of hydrogen-bond acceptors (Lipinski definition) is 3. The predicted octanol–water partition coefficient (Wildman–Crippen LogP) is 2.04. The molecule has 3 heterocycles. The zero-order chi connectivity index (χ0) is 13.9. The Kier molecular flexibility index (Phi) is 3.25. The molecule has 0 radical (unpaired) electrons. The number of pyridine rings is 2. The minimum atomic E-state index is 0.486. The van der Waals surface area contributed by atoms with Gasteiger partial charge in [0.05, 0.1) is 25.1 Å². The maximum atomic E-state index is 5.85. The van der Waals surface area contributed by atoms with Crippen molar-refractivity contribution in [3.05, 3.63) is 54.1 Å². The maximum absolute atomic E-state index is 5.85. The number of aryl methyl sites for hydroxylation is 1. The molecule has 5 heteroatoms. The second-order valence-corrected chi connectivity index (χ2v) is 4.53. The van der Waals surface area contributed by atoms with Gasteiger partial charge in [-0.3, -0.25) is 0 Å². The maximum Gasteiger partial charge on any atom is 0.290 e. The molecule has 0 unspecified atom stereocenters. The second-order valence-electron chi connectivity index (χ2n) is 4.53. The van der Waals surface area contributed by atoms with E-state index in [-0.39, 0.29) is 0 Å². The van der Waals surface area contributed by atoms with Crippen LogP contribution in [-0.4, -0.2) is 17.1 Å². The average molecular weight is 270 g/mol. The molecule has 0 atom stereocenters. The Morgan fingerprint density at radius 1 is 1.35 bits per heavy atom. The Balaban J connectivity index is 1.81. The van der Waals surface area contributed by atoms with Crippen molar-refractivity contribution in [1.29, 1.82) is 0 Å². The molecule has 0 aliphatic carbocycles. The van der Waals surface area contributed by atoms with Crippen molar-refractivity contribution in [2.75, 3.05) is 7.11 Å². The first kappa shape index (κ1) is 12.5. The first-order valence-corrected chi connectivity index (χ1v) is 6.37. The molecule has 0 saturated carbocycles. The number of nitrogens with one attached hydrogen (secondary N) is 1. The molecule has 0 aliphatic rings. The number of hydrogen-bond donors (Lipinski definition) is 1. The molecule has 20 heavy (non-hydrogen) atoms. The van der Waals surface area contributed by atoms with E-state index in [1.54, 1.807) is 13.3 Å². The zero-order valence-electron chi connectivity index (χ0n) is 11.5. The number of rotatable bonds is 4. The van der Waals surface area contributed by atoms with E-state index >= 15 is 0 Å². The molecule has 0 fully saturated rings. The summed E-state index contributed by atoms with van der Waals surface area (Å²) in [5.74, 6) is 1.36. The summed E-state index contributed by atoms with van der Waals surface area (Å²) in [6, 6.07) is 5.90. The Bertz CT molecular complexity index is 737. The summed E-state index contributed by atoms with van der Waals surface area (Å²) in [5.41, 5.74) is 3.13. The van der Waals surface area contributed by atoms with E-state index in [0.717, 1.165) is 22.5 Å². The van der Waals surface area contributed by atoms with Crippen LogP contribution in [0.15, 0.2) is 43.0 Å². The minimum Gasteiger partial charge on any atom is -0.487 e. The Morgan fingerprint density at radius 2 is 2.25 bits per heavy atom. The Labute approximate surface area is 116 Å². The SMILES string of the molecule is COc1cc(C)c(OCc2ccc[n+]3cc[nH]c23)cn1. The van der Waals surface area contributed by atoms with Gasteiger partial charge in [-0.1, -0.05) is 0 Å². The third-order valence-corrected chi connectivity index (χ3v) is 3.19. The number of nitrogens with zero attached hydrogens (tertiary/aromatic N) is 2. The lowest BCUT2D eigenvalue weighted by Gasteiger charge is -2.09. The highest BCUT2D eigenvalue weighted by Crippen LogP contribution is 2.21. The molecular weight excluding hydrogens is 254 g/mol. The lowest BCUT2D eigenvalue weighted by atomic mass is 10.2. The summed E-state index contributed by atoms with van der Waals surface area (Å²) in [6.07, 6.45) is 7.56. The van der Waals surface area contributed by atoms with Crippen LogP contribution in [0.4, 0.5) is 0 Å². The summed E-state index contributed by atoms with van der Waals surface area (Å²) in [7, 11) is 1.60. The highest BCUT2D eigenvalue weighted by molar-refractivity contribution is 5.40. The van der Waals surface area contributed by atoms with E-state index in [2.05, 4.69) is 9.97 Å². The first-order valence-electron chi connectivity index (χ1n) is 6.37. The second kappa shape index (κ2) is 5.21. The van der Waals surface area contributed by atoms with E-state index in [1.807, 2.05) is 48.1 Å². The van der Waals surface area contributed by atoms with Gasteiger partial charge >= 0.3 is 0 Å². The molecule has 3 rings (SSSR count). The number of ether oxygens (including phenoxy) is 2. The summed E-state index contributed by atoms with van der Waals surface area (Å²) < 4.78 is 13.0. The highest BCUT2D eigenvalue weighted by Gasteiger charge is 2.10. The van der Waals surface area contributed by atoms with Gasteiger partial charge in [-0.15, -0.1) is 0 Å². The molecule has 0 aromatic carbocycles. The number of aromatic amines is 1. The standard InChI is InChI=1S/C15H15N3O2/c1-11-8-14(19-2)17-9-13(11)20-10-12-4-3-6-18-7-5-16-15(12)18/h3-9H,10H2,1-2H3/p+1. The smallest absolute Gasteiger partial charge is 0.290 e. The van der Waals surface area contributed by atoms with Crippen molar-refractivity contribution in [2.45, 2.75) is 13.5 Å². The lowest BCUT2D eigenvalue weighted by Crippen LogP contribution is -2.19. The molecule has 5 nitrogen and oxygen atoms in total. The van der Waals surface area contributed by atoms with Crippen LogP contribution < -0.4 is 13.9 Å². The lowest BCUT2D eigenvalue weighted by molar-refractivity contribution is -0.510. The van der Waals surface area contributed by atoms with Gasteiger partial charge in [0.2, 0.25) is 5.88 Å². The molecule has 0 saturated heterocycles. The van der Waals surface area contributed by atoms with E-state index < -0.39 is 0 Å². The molecule has 0 amide bonds. The van der Waals surface area contributed by atoms with Gasteiger partial charge in [0.1, 0.15) is 24.8 Å². The third-order valence-electron chi connectivity index (χ3n) is 3.19. The quantitative estimate of drug-likeness (QED) is 0.738. The number of fused-ring (bicyclic) bond motifs is 1. The topological polar surface area (TPSA) is 51.2 Å². The number of imidazole rings is 1. The summed E-state index contributed by atoms with van der Waals surface area (Å²) in [4.78, 5) is 7.37. The number of methoxy groups -OCH3 is 1. The normalized spacial score (nSPS) is 10.7. The zero-order valence-corrected chi connectivity index (χ0v) is 11.5. The van der Waals surface area contributed by atoms with Crippen LogP contribution in [-0.2, 0) is 6.61 Å².